The molecule has 0 aliphatic carbocycles. The summed E-state index contributed by atoms with van der Waals surface area (Å²) in [5, 5.41) is 0. The SMILES string of the molecule is NC(=O)C1CN(Cc2ccc3c(c2)CCCCO3)CCO1. The molecule has 2 heterocycles. The maximum atomic E-state index is 11.2. The Morgan fingerprint density at radius 3 is 3.10 bits per heavy atom. The van der Waals surface area contributed by atoms with E-state index < -0.39 is 6.10 Å². The van der Waals surface area contributed by atoms with Crippen LogP contribution in [-0.4, -0.2) is 43.2 Å². The van der Waals surface area contributed by atoms with Crippen molar-refractivity contribution >= 4 is 5.91 Å². The van der Waals surface area contributed by atoms with E-state index in [1.807, 2.05) is 0 Å². The summed E-state index contributed by atoms with van der Waals surface area (Å²) in [6.07, 6.45) is 2.89. The van der Waals surface area contributed by atoms with Crippen LogP contribution in [0.25, 0.3) is 0 Å². The molecule has 1 atom stereocenters. The zero-order chi connectivity index (χ0) is 14.7. The van der Waals surface area contributed by atoms with Gasteiger partial charge in [-0.15, -0.1) is 0 Å². The van der Waals surface area contributed by atoms with Crippen LogP contribution in [0.3, 0.4) is 0 Å². The maximum absolute atomic E-state index is 11.2. The highest BCUT2D eigenvalue weighted by Crippen LogP contribution is 2.26. The van der Waals surface area contributed by atoms with Gasteiger partial charge in [-0.25, -0.2) is 0 Å². The molecule has 114 valence electrons. The largest absolute Gasteiger partial charge is 0.493 e. The van der Waals surface area contributed by atoms with E-state index in [4.69, 9.17) is 15.2 Å². The van der Waals surface area contributed by atoms with Crippen LogP contribution in [-0.2, 0) is 22.5 Å². The van der Waals surface area contributed by atoms with Gasteiger partial charge in [0.15, 0.2) is 0 Å². The Morgan fingerprint density at radius 2 is 2.24 bits per heavy atom. The third kappa shape index (κ3) is 3.54. The molecule has 0 spiro atoms. The van der Waals surface area contributed by atoms with Crippen molar-refractivity contribution in [3.05, 3.63) is 29.3 Å². The number of primary amides is 1. The second-order valence-corrected chi connectivity index (χ2v) is 5.74. The Hall–Kier alpha value is -1.59. The highest BCUT2D eigenvalue weighted by Gasteiger charge is 2.24. The summed E-state index contributed by atoms with van der Waals surface area (Å²) in [5.74, 6) is 0.642. The number of hydrogen-bond donors (Lipinski definition) is 1. The summed E-state index contributed by atoms with van der Waals surface area (Å²) in [6.45, 7) is 3.60. The molecular weight excluding hydrogens is 268 g/mol. The molecule has 1 fully saturated rings. The minimum absolute atomic E-state index is 0.380. The van der Waals surface area contributed by atoms with Crippen molar-refractivity contribution in [1.29, 1.82) is 0 Å². The van der Waals surface area contributed by atoms with Crippen molar-refractivity contribution in [2.75, 3.05) is 26.3 Å². The summed E-state index contributed by atoms with van der Waals surface area (Å²) >= 11 is 0. The van der Waals surface area contributed by atoms with Crippen LogP contribution in [0.4, 0.5) is 0 Å². The Bertz CT molecular complexity index is 518. The van der Waals surface area contributed by atoms with Crippen molar-refractivity contribution in [3.63, 3.8) is 0 Å². The zero-order valence-corrected chi connectivity index (χ0v) is 12.2. The Morgan fingerprint density at radius 1 is 1.33 bits per heavy atom. The molecule has 5 heteroatoms. The third-order valence-corrected chi connectivity index (χ3v) is 4.10. The standard InChI is InChI=1S/C16H22N2O3/c17-16(19)15-11-18(6-8-21-15)10-12-4-5-14-13(9-12)3-1-2-7-20-14/h4-5,9,15H,1-3,6-8,10-11H2,(H2,17,19). The summed E-state index contributed by atoms with van der Waals surface area (Å²) in [7, 11) is 0. The van der Waals surface area contributed by atoms with Crippen LogP contribution in [0, 0.1) is 0 Å². The number of benzene rings is 1. The van der Waals surface area contributed by atoms with E-state index in [9.17, 15) is 4.79 Å². The van der Waals surface area contributed by atoms with Crippen molar-refractivity contribution < 1.29 is 14.3 Å². The fraction of sp³-hybridized carbons (Fsp3) is 0.562. The number of ether oxygens (including phenoxy) is 2. The fourth-order valence-electron chi connectivity index (χ4n) is 2.94. The van der Waals surface area contributed by atoms with E-state index in [2.05, 4.69) is 23.1 Å². The topological polar surface area (TPSA) is 64.8 Å². The van der Waals surface area contributed by atoms with Crippen LogP contribution in [0.1, 0.15) is 24.0 Å². The molecule has 1 aromatic carbocycles. The van der Waals surface area contributed by atoms with Crippen molar-refractivity contribution in [2.24, 2.45) is 5.73 Å². The average molecular weight is 290 g/mol. The number of carbonyl (C=O) groups excluding carboxylic acids is 1. The van der Waals surface area contributed by atoms with Crippen molar-refractivity contribution in [3.8, 4) is 5.75 Å². The monoisotopic (exact) mass is 290 g/mol. The highest BCUT2D eigenvalue weighted by atomic mass is 16.5. The van der Waals surface area contributed by atoms with Gasteiger partial charge in [0.05, 0.1) is 13.2 Å². The smallest absolute Gasteiger partial charge is 0.247 e. The molecule has 2 N–H and O–H groups in total. The number of hydrogen-bond acceptors (Lipinski definition) is 4. The summed E-state index contributed by atoms with van der Waals surface area (Å²) in [6, 6.07) is 6.41. The van der Waals surface area contributed by atoms with E-state index in [1.165, 1.54) is 17.5 Å². The molecule has 3 rings (SSSR count). The first-order valence-electron chi connectivity index (χ1n) is 7.60. The lowest BCUT2D eigenvalue weighted by Crippen LogP contribution is -2.47. The highest BCUT2D eigenvalue weighted by molar-refractivity contribution is 5.79. The number of fused-ring (bicyclic) bond motifs is 1. The van der Waals surface area contributed by atoms with E-state index in [0.717, 1.165) is 38.3 Å². The van der Waals surface area contributed by atoms with Gasteiger partial charge in [-0.3, -0.25) is 9.69 Å². The number of morpholine rings is 1. The molecule has 0 radical (unpaired) electrons. The first kappa shape index (κ1) is 14.4. The molecular formula is C16H22N2O3. The second kappa shape index (κ2) is 6.45. The van der Waals surface area contributed by atoms with Gasteiger partial charge in [0.25, 0.3) is 0 Å². The van der Waals surface area contributed by atoms with E-state index in [0.29, 0.717) is 13.2 Å². The minimum atomic E-state index is -0.483. The molecule has 2 aliphatic heterocycles. The number of nitrogens with zero attached hydrogens (tertiary/aromatic N) is 1. The zero-order valence-electron chi connectivity index (χ0n) is 12.2. The van der Waals surface area contributed by atoms with Crippen LogP contribution in [0.15, 0.2) is 18.2 Å². The van der Waals surface area contributed by atoms with Crippen LogP contribution < -0.4 is 10.5 Å². The van der Waals surface area contributed by atoms with Gasteiger partial charge < -0.3 is 15.2 Å². The number of nitrogens with two attached hydrogens (primary N) is 1. The first-order valence-corrected chi connectivity index (χ1v) is 7.60. The number of rotatable bonds is 3. The molecule has 21 heavy (non-hydrogen) atoms. The van der Waals surface area contributed by atoms with Gasteiger partial charge in [-0.1, -0.05) is 12.1 Å². The van der Waals surface area contributed by atoms with Crippen LogP contribution in [0.5, 0.6) is 5.75 Å². The molecule has 1 unspecified atom stereocenters. The van der Waals surface area contributed by atoms with Gasteiger partial charge in [-0.05, 0) is 36.5 Å². The lowest BCUT2D eigenvalue weighted by atomic mass is 10.0. The predicted molar refractivity (Wildman–Crippen MR) is 79.1 cm³/mol. The number of amides is 1. The molecule has 1 amide bonds. The maximum Gasteiger partial charge on any atom is 0.247 e. The van der Waals surface area contributed by atoms with Crippen molar-refractivity contribution in [2.45, 2.75) is 31.9 Å². The van der Waals surface area contributed by atoms with Gasteiger partial charge >= 0.3 is 0 Å². The van der Waals surface area contributed by atoms with Gasteiger partial charge in [0, 0.05) is 19.6 Å². The Labute approximate surface area is 125 Å². The molecule has 0 aromatic heterocycles. The molecule has 1 saturated heterocycles. The van der Waals surface area contributed by atoms with E-state index >= 15 is 0 Å². The van der Waals surface area contributed by atoms with Crippen LogP contribution >= 0.6 is 0 Å². The summed E-state index contributed by atoms with van der Waals surface area (Å²) in [4.78, 5) is 13.5. The lowest BCUT2D eigenvalue weighted by Gasteiger charge is -2.31. The summed E-state index contributed by atoms with van der Waals surface area (Å²) in [5.41, 5.74) is 7.87. The van der Waals surface area contributed by atoms with Gasteiger partial charge in [0.2, 0.25) is 5.91 Å². The quantitative estimate of drug-likeness (QED) is 0.905. The molecule has 5 nitrogen and oxygen atoms in total. The van der Waals surface area contributed by atoms with Crippen LogP contribution in [0.2, 0.25) is 0 Å². The fourth-order valence-corrected chi connectivity index (χ4v) is 2.94. The number of aryl methyl sites for hydroxylation is 1. The summed E-state index contributed by atoms with van der Waals surface area (Å²) < 4.78 is 11.1. The Balaban J connectivity index is 1.67. The molecule has 0 saturated carbocycles. The van der Waals surface area contributed by atoms with E-state index in [-0.39, 0.29) is 5.91 Å². The molecule has 1 aromatic rings. The Kier molecular flexibility index (Phi) is 4.41. The second-order valence-electron chi connectivity index (χ2n) is 5.74. The predicted octanol–water partition coefficient (Wildman–Crippen LogP) is 1.09. The molecule has 0 bridgehead atoms. The third-order valence-electron chi connectivity index (χ3n) is 4.10. The first-order chi connectivity index (χ1) is 10.2. The van der Waals surface area contributed by atoms with E-state index in [1.54, 1.807) is 0 Å². The normalized spacial score (nSPS) is 23.0. The van der Waals surface area contributed by atoms with Crippen molar-refractivity contribution in [1.82, 2.24) is 4.90 Å². The van der Waals surface area contributed by atoms with Gasteiger partial charge in [-0.2, -0.15) is 0 Å². The number of carbonyl (C=O) groups is 1. The molecule has 2 aliphatic rings. The van der Waals surface area contributed by atoms with Gasteiger partial charge in [0.1, 0.15) is 11.9 Å². The average Bonchev–Trinajstić information content (AvgIpc) is 2.72. The minimum Gasteiger partial charge on any atom is -0.493 e. The lowest BCUT2D eigenvalue weighted by molar-refractivity contribution is -0.135.